The number of hydrazone groups is 1. The highest BCUT2D eigenvalue weighted by Crippen LogP contribution is 2.39. The Bertz CT molecular complexity index is 921. The SMILES string of the molecule is COC(=O)c1c(NC(=O)C(=O)N/N=C(\C)c2ccncc2)sc2c1CCC2. The number of methoxy groups -OCH3 is 1. The zero-order valence-corrected chi connectivity index (χ0v) is 15.7. The van der Waals surface area contributed by atoms with E-state index < -0.39 is 17.8 Å². The summed E-state index contributed by atoms with van der Waals surface area (Å²) in [6.45, 7) is 1.70. The smallest absolute Gasteiger partial charge is 0.341 e. The third-order valence-corrected chi connectivity index (χ3v) is 5.37. The number of anilines is 1. The number of hydrogen-bond acceptors (Lipinski definition) is 7. The molecule has 3 rings (SSSR count). The van der Waals surface area contributed by atoms with Crippen LogP contribution in [-0.4, -0.2) is 35.6 Å². The van der Waals surface area contributed by atoms with E-state index in [-0.39, 0.29) is 0 Å². The van der Waals surface area contributed by atoms with Crippen LogP contribution < -0.4 is 10.7 Å². The van der Waals surface area contributed by atoms with E-state index in [1.165, 1.54) is 18.4 Å². The lowest BCUT2D eigenvalue weighted by Gasteiger charge is -2.06. The first-order chi connectivity index (χ1) is 13.0. The molecule has 0 radical (unpaired) electrons. The lowest BCUT2D eigenvalue weighted by molar-refractivity contribution is -0.136. The van der Waals surface area contributed by atoms with Gasteiger partial charge in [-0.15, -0.1) is 11.3 Å². The Labute approximate surface area is 159 Å². The molecule has 0 aromatic carbocycles. The van der Waals surface area contributed by atoms with Gasteiger partial charge in [-0.05, 0) is 43.9 Å². The van der Waals surface area contributed by atoms with Gasteiger partial charge in [0.2, 0.25) is 0 Å². The van der Waals surface area contributed by atoms with Crippen LogP contribution >= 0.6 is 11.3 Å². The van der Waals surface area contributed by atoms with Crippen LogP contribution in [0.4, 0.5) is 5.00 Å². The summed E-state index contributed by atoms with van der Waals surface area (Å²) in [5.74, 6) is -2.34. The number of rotatable bonds is 4. The van der Waals surface area contributed by atoms with E-state index in [9.17, 15) is 14.4 Å². The Hall–Kier alpha value is -3.07. The minimum absolute atomic E-state index is 0.335. The van der Waals surface area contributed by atoms with Gasteiger partial charge in [0.25, 0.3) is 0 Å². The second kappa shape index (κ2) is 8.09. The molecule has 2 aromatic heterocycles. The van der Waals surface area contributed by atoms with E-state index in [4.69, 9.17) is 4.74 Å². The van der Waals surface area contributed by atoms with Crippen molar-refractivity contribution in [2.45, 2.75) is 26.2 Å². The van der Waals surface area contributed by atoms with Crippen molar-refractivity contribution in [2.75, 3.05) is 12.4 Å². The fourth-order valence-electron chi connectivity index (χ4n) is 2.81. The third-order valence-electron chi connectivity index (χ3n) is 4.17. The quantitative estimate of drug-likeness (QED) is 0.361. The predicted octanol–water partition coefficient (Wildman–Crippen LogP) is 1.90. The molecule has 0 bridgehead atoms. The van der Waals surface area contributed by atoms with Crippen molar-refractivity contribution in [2.24, 2.45) is 5.10 Å². The molecule has 0 saturated heterocycles. The highest BCUT2D eigenvalue weighted by Gasteiger charge is 2.29. The number of fused-ring (bicyclic) bond motifs is 1. The maximum Gasteiger partial charge on any atom is 0.341 e. The van der Waals surface area contributed by atoms with Crippen LogP contribution in [0.15, 0.2) is 29.6 Å². The normalized spacial score (nSPS) is 13.0. The fraction of sp³-hybridized carbons (Fsp3) is 0.278. The minimum atomic E-state index is -0.923. The molecule has 0 spiro atoms. The first kappa shape index (κ1) is 18.7. The number of thiophene rings is 1. The molecule has 1 aliphatic rings. The molecule has 27 heavy (non-hydrogen) atoms. The molecule has 0 saturated carbocycles. The molecular weight excluding hydrogens is 368 g/mol. The lowest BCUT2D eigenvalue weighted by Crippen LogP contribution is -2.33. The molecule has 8 nitrogen and oxygen atoms in total. The van der Waals surface area contributed by atoms with Gasteiger partial charge in [0.05, 0.1) is 18.4 Å². The van der Waals surface area contributed by atoms with Crippen molar-refractivity contribution < 1.29 is 19.1 Å². The molecule has 0 aliphatic heterocycles. The van der Waals surface area contributed by atoms with Crippen molar-refractivity contribution in [3.63, 3.8) is 0 Å². The number of pyridine rings is 1. The van der Waals surface area contributed by atoms with E-state index in [1.807, 2.05) is 0 Å². The number of ether oxygens (including phenoxy) is 1. The average molecular weight is 386 g/mol. The standard InChI is InChI=1S/C18H18N4O4S/c1-10(11-6-8-19-9-7-11)21-22-16(24)15(23)20-17-14(18(25)26-2)12-4-3-5-13(12)27-17/h6-9H,3-5H2,1-2H3,(H,20,23)(H,22,24)/b21-10+. The number of hydrogen-bond donors (Lipinski definition) is 2. The van der Waals surface area contributed by atoms with Crippen LogP contribution in [0.2, 0.25) is 0 Å². The lowest BCUT2D eigenvalue weighted by atomic mass is 10.1. The zero-order valence-electron chi connectivity index (χ0n) is 14.9. The van der Waals surface area contributed by atoms with Crippen LogP contribution in [0.1, 0.15) is 39.7 Å². The van der Waals surface area contributed by atoms with Crippen molar-refractivity contribution in [1.82, 2.24) is 10.4 Å². The number of carbonyl (C=O) groups is 3. The Kier molecular flexibility index (Phi) is 5.60. The molecule has 9 heteroatoms. The summed E-state index contributed by atoms with van der Waals surface area (Å²) in [4.78, 5) is 41.3. The monoisotopic (exact) mass is 386 g/mol. The summed E-state index contributed by atoms with van der Waals surface area (Å²) in [7, 11) is 1.29. The van der Waals surface area contributed by atoms with E-state index in [0.717, 1.165) is 35.3 Å². The van der Waals surface area contributed by atoms with Gasteiger partial charge in [-0.25, -0.2) is 10.2 Å². The number of aromatic nitrogens is 1. The summed E-state index contributed by atoms with van der Waals surface area (Å²) in [6.07, 6.45) is 5.78. The van der Waals surface area contributed by atoms with Crippen LogP contribution in [0.25, 0.3) is 0 Å². The summed E-state index contributed by atoms with van der Waals surface area (Å²) in [5.41, 5.74) is 4.76. The number of esters is 1. The number of nitrogens with zero attached hydrogens (tertiary/aromatic N) is 2. The van der Waals surface area contributed by atoms with Gasteiger partial charge in [-0.1, -0.05) is 0 Å². The number of carbonyl (C=O) groups excluding carboxylic acids is 3. The third kappa shape index (κ3) is 4.03. The maximum atomic E-state index is 12.2. The van der Waals surface area contributed by atoms with Gasteiger partial charge in [0.1, 0.15) is 5.00 Å². The van der Waals surface area contributed by atoms with Gasteiger partial charge in [0, 0.05) is 22.8 Å². The van der Waals surface area contributed by atoms with E-state index in [0.29, 0.717) is 16.3 Å². The van der Waals surface area contributed by atoms with Crippen LogP contribution in [0, 0.1) is 0 Å². The molecule has 1 aliphatic carbocycles. The van der Waals surface area contributed by atoms with E-state index in [2.05, 4.69) is 20.8 Å². The number of aryl methyl sites for hydroxylation is 1. The van der Waals surface area contributed by atoms with Gasteiger partial charge in [-0.3, -0.25) is 14.6 Å². The van der Waals surface area contributed by atoms with E-state index in [1.54, 1.807) is 31.5 Å². The topological polar surface area (TPSA) is 110 Å². The van der Waals surface area contributed by atoms with Crippen LogP contribution in [0.3, 0.4) is 0 Å². The molecule has 0 atom stereocenters. The molecule has 0 fully saturated rings. The molecular formula is C18H18N4O4S. The first-order valence-corrected chi connectivity index (χ1v) is 9.11. The minimum Gasteiger partial charge on any atom is -0.465 e. The highest BCUT2D eigenvalue weighted by molar-refractivity contribution is 7.17. The van der Waals surface area contributed by atoms with Crippen molar-refractivity contribution >= 4 is 39.8 Å². The highest BCUT2D eigenvalue weighted by atomic mass is 32.1. The Morgan fingerprint density at radius 1 is 1.19 bits per heavy atom. The van der Waals surface area contributed by atoms with Gasteiger partial charge >= 0.3 is 17.8 Å². The van der Waals surface area contributed by atoms with Crippen LogP contribution in [0.5, 0.6) is 0 Å². The molecule has 2 aromatic rings. The molecule has 2 amide bonds. The zero-order chi connectivity index (χ0) is 19.4. The Morgan fingerprint density at radius 3 is 2.63 bits per heavy atom. The summed E-state index contributed by atoms with van der Waals surface area (Å²) in [5, 5.41) is 6.76. The largest absolute Gasteiger partial charge is 0.465 e. The summed E-state index contributed by atoms with van der Waals surface area (Å²) >= 11 is 1.30. The van der Waals surface area contributed by atoms with Gasteiger partial charge in [-0.2, -0.15) is 5.10 Å². The second-order valence-corrected chi connectivity index (χ2v) is 6.99. The molecule has 2 N–H and O–H groups in total. The maximum absolute atomic E-state index is 12.2. The van der Waals surface area contributed by atoms with Crippen LogP contribution in [-0.2, 0) is 27.2 Å². The first-order valence-electron chi connectivity index (χ1n) is 8.30. The van der Waals surface area contributed by atoms with Gasteiger partial charge in [0.15, 0.2) is 0 Å². The Morgan fingerprint density at radius 2 is 1.93 bits per heavy atom. The Balaban J connectivity index is 1.70. The summed E-state index contributed by atoms with van der Waals surface area (Å²) in [6, 6.07) is 3.47. The molecule has 2 heterocycles. The average Bonchev–Trinajstić information content (AvgIpc) is 3.26. The van der Waals surface area contributed by atoms with Crippen molar-refractivity contribution in [1.29, 1.82) is 0 Å². The second-order valence-electron chi connectivity index (χ2n) is 5.88. The fourth-order valence-corrected chi connectivity index (χ4v) is 4.09. The molecule has 0 unspecified atom stereocenters. The van der Waals surface area contributed by atoms with E-state index >= 15 is 0 Å². The molecule has 140 valence electrons. The van der Waals surface area contributed by atoms with Gasteiger partial charge < -0.3 is 10.1 Å². The predicted molar refractivity (Wildman–Crippen MR) is 101 cm³/mol. The van der Waals surface area contributed by atoms with Crippen molar-refractivity contribution in [3.05, 3.63) is 46.1 Å². The number of amides is 2. The number of nitrogens with one attached hydrogen (secondary N) is 2. The summed E-state index contributed by atoms with van der Waals surface area (Å²) < 4.78 is 4.82. The van der Waals surface area contributed by atoms with Crippen molar-refractivity contribution in [3.8, 4) is 0 Å².